The summed E-state index contributed by atoms with van der Waals surface area (Å²) in [4.78, 5) is 68.1. The van der Waals surface area contributed by atoms with Crippen LogP contribution in [-0.2, 0) is 15.0 Å². The van der Waals surface area contributed by atoms with E-state index in [1.165, 1.54) is 12.1 Å². The topological polar surface area (TPSA) is 116 Å². The summed E-state index contributed by atoms with van der Waals surface area (Å²) in [5.74, 6) is -1.92. The van der Waals surface area contributed by atoms with Crippen LogP contribution in [0.1, 0.15) is 62.3 Å². The number of benzene rings is 2. The third-order valence-electron chi connectivity index (χ3n) is 9.29. The lowest BCUT2D eigenvalue weighted by Crippen LogP contribution is -2.55. The van der Waals surface area contributed by atoms with Crippen molar-refractivity contribution in [2.45, 2.75) is 37.1 Å². The Morgan fingerprint density at radius 3 is 2.44 bits per heavy atom. The number of hydrogen-bond donors (Lipinski definition) is 1. The molecule has 0 aliphatic carbocycles. The van der Waals surface area contributed by atoms with Gasteiger partial charge in [-0.15, -0.1) is 0 Å². The number of likely N-dealkylation sites (tertiary alicyclic amines) is 2. The number of ether oxygens (including phenoxy) is 1. The lowest BCUT2D eigenvalue weighted by molar-refractivity contribution is -0.136. The van der Waals surface area contributed by atoms with Crippen LogP contribution < -0.4 is 10.1 Å². The first-order valence-electron chi connectivity index (χ1n) is 14.0. The minimum atomic E-state index is -1.00. The summed E-state index contributed by atoms with van der Waals surface area (Å²) in [6, 6.07) is 8.46. The fraction of sp³-hybridized carbons (Fsp3) is 0.433. The molecule has 1 atom stereocenters. The highest BCUT2D eigenvalue weighted by atomic mass is 19.1. The van der Waals surface area contributed by atoms with Gasteiger partial charge in [0, 0.05) is 43.0 Å². The molecule has 10 nitrogen and oxygen atoms in total. The van der Waals surface area contributed by atoms with Crippen LogP contribution >= 0.6 is 0 Å². The number of halogens is 1. The summed E-state index contributed by atoms with van der Waals surface area (Å²) in [5, 5.41) is 2.22. The highest BCUT2D eigenvalue weighted by Gasteiger charge is 2.49. The van der Waals surface area contributed by atoms with E-state index in [-0.39, 0.29) is 40.9 Å². The third-order valence-corrected chi connectivity index (χ3v) is 9.29. The second-order valence-electron chi connectivity index (χ2n) is 11.8. The minimum absolute atomic E-state index is 0.0732. The van der Waals surface area contributed by atoms with E-state index in [0.29, 0.717) is 31.4 Å². The molecule has 3 saturated heterocycles. The van der Waals surface area contributed by atoms with Gasteiger partial charge >= 0.3 is 0 Å². The van der Waals surface area contributed by atoms with Gasteiger partial charge in [-0.2, -0.15) is 0 Å². The van der Waals surface area contributed by atoms with Gasteiger partial charge in [0.15, 0.2) is 0 Å². The lowest BCUT2D eigenvalue weighted by atomic mass is 9.73. The molecule has 5 heterocycles. The van der Waals surface area contributed by atoms with E-state index in [0.717, 1.165) is 42.9 Å². The first-order valence-corrected chi connectivity index (χ1v) is 14.0. The molecule has 3 fully saturated rings. The first kappa shape index (κ1) is 25.8. The van der Waals surface area contributed by atoms with Crippen molar-refractivity contribution in [3.63, 3.8) is 0 Å². The van der Waals surface area contributed by atoms with Crippen molar-refractivity contribution in [2.75, 3.05) is 39.3 Å². The van der Waals surface area contributed by atoms with E-state index in [1.807, 2.05) is 0 Å². The van der Waals surface area contributed by atoms with E-state index in [9.17, 15) is 28.4 Å². The van der Waals surface area contributed by atoms with Crippen molar-refractivity contribution < 1.29 is 33.1 Å². The van der Waals surface area contributed by atoms with E-state index in [4.69, 9.17) is 4.74 Å². The molecular weight excluding hydrogens is 531 g/mol. The molecule has 0 bridgehead atoms. The average molecular weight is 561 g/mol. The average Bonchev–Trinajstić information content (AvgIpc) is 3.40. The smallest absolute Gasteiger partial charge is 0.262 e. The molecule has 5 aliphatic rings. The van der Waals surface area contributed by atoms with Crippen molar-refractivity contribution >= 4 is 29.5 Å². The van der Waals surface area contributed by atoms with Gasteiger partial charge in [-0.05, 0) is 56.6 Å². The monoisotopic (exact) mass is 560 g/mol. The molecule has 2 aromatic carbocycles. The molecule has 5 amide bonds. The third kappa shape index (κ3) is 4.13. The summed E-state index contributed by atoms with van der Waals surface area (Å²) < 4.78 is 20.1. The fourth-order valence-corrected chi connectivity index (χ4v) is 6.92. The van der Waals surface area contributed by atoms with E-state index in [1.54, 1.807) is 29.2 Å². The van der Waals surface area contributed by atoms with Gasteiger partial charge in [-0.25, -0.2) is 4.39 Å². The summed E-state index contributed by atoms with van der Waals surface area (Å²) >= 11 is 0. The van der Waals surface area contributed by atoms with Gasteiger partial charge < -0.3 is 14.5 Å². The van der Waals surface area contributed by atoms with Crippen LogP contribution in [0.25, 0.3) is 0 Å². The number of piperidine rings is 2. The predicted octanol–water partition coefficient (Wildman–Crippen LogP) is 1.73. The number of nitrogens with zero attached hydrogens (tertiary/aromatic N) is 3. The molecule has 0 saturated carbocycles. The number of fused-ring (bicyclic) bond motifs is 3. The predicted molar refractivity (Wildman–Crippen MR) is 142 cm³/mol. The van der Waals surface area contributed by atoms with Crippen LogP contribution in [0.15, 0.2) is 36.4 Å². The van der Waals surface area contributed by atoms with Crippen LogP contribution in [0.4, 0.5) is 4.39 Å². The number of amides is 5. The van der Waals surface area contributed by atoms with E-state index < -0.39 is 35.5 Å². The molecule has 11 heteroatoms. The molecule has 212 valence electrons. The fourth-order valence-electron chi connectivity index (χ4n) is 6.92. The molecule has 2 aromatic rings. The number of carbonyl (C=O) groups is 5. The molecule has 1 spiro atoms. The van der Waals surface area contributed by atoms with Crippen molar-refractivity contribution in [2.24, 2.45) is 5.92 Å². The summed E-state index contributed by atoms with van der Waals surface area (Å²) in [7, 11) is 0. The minimum Gasteiger partial charge on any atom is -0.492 e. The van der Waals surface area contributed by atoms with Crippen LogP contribution in [0.2, 0.25) is 0 Å². The zero-order valence-corrected chi connectivity index (χ0v) is 22.4. The molecule has 7 rings (SSSR count). The summed E-state index contributed by atoms with van der Waals surface area (Å²) in [6.07, 6.45) is 1.83. The molecule has 0 aromatic heterocycles. The lowest BCUT2D eigenvalue weighted by Gasteiger charge is -2.44. The van der Waals surface area contributed by atoms with Crippen LogP contribution in [0.5, 0.6) is 5.75 Å². The largest absolute Gasteiger partial charge is 0.492 e. The van der Waals surface area contributed by atoms with Gasteiger partial charge in [0.2, 0.25) is 11.8 Å². The van der Waals surface area contributed by atoms with Gasteiger partial charge in [0.05, 0.1) is 23.3 Å². The summed E-state index contributed by atoms with van der Waals surface area (Å²) in [5.41, 5.74) is 1.27. The highest BCUT2D eigenvalue weighted by Crippen LogP contribution is 2.48. The number of imide groups is 2. The standard InChI is InChI=1S/C30H29FN4O6/c31-22-4-2-1-3-18(22)27(38)34-14-17(15-34)13-33-9-7-30(8-10-33)16-41-24-12-20-19(11-21(24)30)28(39)35(29(20)40)23-5-6-25(36)32-26(23)37/h1-4,11-12,17,23H,5-10,13-16H2,(H,32,36,37). The van der Waals surface area contributed by atoms with Crippen LogP contribution in [-0.4, -0.2) is 89.6 Å². The number of carbonyl (C=O) groups excluding carboxylic acids is 5. The van der Waals surface area contributed by atoms with Gasteiger partial charge in [-0.1, -0.05) is 12.1 Å². The molecule has 1 unspecified atom stereocenters. The first-order chi connectivity index (χ1) is 19.7. The number of hydrogen-bond acceptors (Lipinski definition) is 7. The zero-order chi connectivity index (χ0) is 28.5. The molecule has 1 N–H and O–H groups in total. The highest BCUT2D eigenvalue weighted by molar-refractivity contribution is 6.23. The Morgan fingerprint density at radius 2 is 1.73 bits per heavy atom. The Morgan fingerprint density at radius 1 is 1.02 bits per heavy atom. The van der Waals surface area contributed by atoms with Gasteiger partial charge in [-0.3, -0.25) is 34.2 Å². The molecule has 0 radical (unpaired) electrons. The SMILES string of the molecule is O=C1CCC(N2C(=O)c3cc4c(cc3C2=O)C2(CCN(CC3CN(C(=O)c5ccccc5F)C3)CC2)CO4)C(=O)N1. The van der Waals surface area contributed by atoms with Crippen molar-refractivity contribution in [3.8, 4) is 5.75 Å². The van der Waals surface area contributed by atoms with Crippen molar-refractivity contribution in [3.05, 3.63) is 64.5 Å². The van der Waals surface area contributed by atoms with Crippen LogP contribution in [0.3, 0.4) is 0 Å². The Balaban J connectivity index is 0.997. The number of rotatable bonds is 4. The Bertz CT molecular complexity index is 1510. The van der Waals surface area contributed by atoms with Crippen molar-refractivity contribution in [1.29, 1.82) is 0 Å². The van der Waals surface area contributed by atoms with E-state index >= 15 is 0 Å². The normalized spacial score (nSPS) is 23.8. The number of nitrogens with one attached hydrogen (secondary N) is 1. The maximum atomic E-state index is 14.0. The quantitative estimate of drug-likeness (QED) is 0.567. The van der Waals surface area contributed by atoms with Crippen LogP contribution in [0, 0.1) is 11.7 Å². The molecule has 41 heavy (non-hydrogen) atoms. The zero-order valence-electron chi connectivity index (χ0n) is 22.4. The second kappa shape index (κ2) is 9.47. The Hall–Kier alpha value is -4.12. The Labute approximate surface area is 235 Å². The Kier molecular flexibility index (Phi) is 5.97. The van der Waals surface area contributed by atoms with E-state index in [2.05, 4.69) is 10.2 Å². The van der Waals surface area contributed by atoms with Gasteiger partial charge in [0.25, 0.3) is 17.7 Å². The summed E-state index contributed by atoms with van der Waals surface area (Å²) in [6.45, 7) is 4.19. The van der Waals surface area contributed by atoms with Crippen molar-refractivity contribution in [1.82, 2.24) is 20.0 Å². The maximum Gasteiger partial charge on any atom is 0.262 e. The second-order valence-corrected chi connectivity index (χ2v) is 11.8. The van der Waals surface area contributed by atoms with Gasteiger partial charge in [0.1, 0.15) is 17.6 Å². The molecule has 5 aliphatic heterocycles. The maximum absolute atomic E-state index is 14.0. The molecular formula is C30H29FN4O6.